The molecule has 0 amide bonds. The molecule has 0 saturated carbocycles. The fraction of sp³-hybridized carbons (Fsp3) is 0.533. The van der Waals surface area contributed by atoms with Crippen molar-refractivity contribution in [2.24, 2.45) is 0 Å². The molecule has 6 heteroatoms. The van der Waals surface area contributed by atoms with Crippen molar-refractivity contribution >= 4 is 24.4 Å². The van der Waals surface area contributed by atoms with Crippen molar-refractivity contribution in [3.63, 3.8) is 0 Å². The van der Waals surface area contributed by atoms with Crippen LogP contribution in [0.5, 0.6) is 0 Å². The monoisotopic (exact) mass is 308 g/mol. The first-order chi connectivity index (χ1) is 9.71. The maximum atomic E-state index is 11.2. The van der Waals surface area contributed by atoms with Crippen LogP contribution in [-0.2, 0) is 18.8 Å². The van der Waals surface area contributed by atoms with Crippen LogP contribution in [0, 0.1) is 0 Å². The molecule has 21 heavy (non-hydrogen) atoms. The fourth-order valence-electron chi connectivity index (χ4n) is 1.98. The Morgan fingerprint density at radius 2 is 1.95 bits per heavy atom. The van der Waals surface area contributed by atoms with Crippen molar-refractivity contribution in [2.75, 3.05) is 0 Å². The SMILES string of the molecule is CC(=O)OC(/C=C/B1OC(C)(C)C(C)(C)O1)c1cccs1. The van der Waals surface area contributed by atoms with Crippen LogP contribution in [0.25, 0.3) is 0 Å². The topological polar surface area (TPSA) is 44.8 Å². The third kappa shape index (κ3) is 3.76. The van der Waals surface area contributed by atoms with E-state index in [9.17, 15) is 4.79 Å². The summed E-state index contributed by atoms with van der Waals surface area (Å²) in [5.41, 5.74) is -0.746. The summed E-state index contributed by atoms with van der Waals surface area (Å²) in [6.07, 6.45) is 1.41. The summed E-state index contributed by atoms with van der Waals surface area (Å²) in [5.74, 6) is 1.50. The lowest BCUT2D eigenvalue weighted by Crippen LogP contribution is -2.41. The predicted molar refractivity (Wildman–Crippen MR) is 84.0 cm³/mol. The quantitative estimate of drug-likeness (QED) is 0.630. The maximum absolute atomic E-state index is 11.2. The average molecular weight is 308 g/mol. The van der Waals surface area contributed by atoms with E-state index in [4.69, 9.17) is 14.0 Å². The van der Waals surface area contributed by atoms with Crippen LogP contribution in [-0.4, -0.2) is 24.3 Å². The Kier molecular flexibility index (Phi) is 4.61. The molecular weight excluding hydrogens is 287 g/mol. The van der Waals surface area contributed by atoms with Crippen LogP contribution < -0.4 is 0 Å². The van der Waals surface area contributed by atoms with Gasteiger partial charge in [0.15, 0.2) is 6.10 Å². The minimum atomic E-state index is -0.437. The molecule has 1 unspecified atom stereocenters. The highest BCUT2D eigenvalue weighted by Crippen LogP contribution is 2.37. The van der Waals surface area contributed by atoms with Gasteiger partial charge in [-0.15, -0.1) is 11.3 Å². The van der Waals surface area contributed by atoms with Gasteiger partial charge in [-0.3, -0.25) is 4.79 Å². The summed E-state index contributed by atoms with van der Waals surface area (Å²) in [7, 11) is -0.437. The summed E-state index contributed by atoms with van der Waals surface area (Å²) in [6.45, 7) is 9.42. The van der Waals surface area contributed by atoms with Crippen molar-refractivity contribution < 1.29 is 18.8 Å². The summed E-state index contributed by atoms with van der Waals surface area (Å²) >= 11 is 1.54. The molecule has 0 radical (unpaired) electrons. The van der Waals surface area contributed by atoms with Crippen LogP contribution >= 0.6 is 11.3 Å². The number of carbonyl (C=O) groups is 1. The van der Waals surface area contributed by atoms with Crippen molar-refractivity contribution in [3.05, 3.63) is 34.4 Å². The number of rotatable bonds is 4. The molecule has 0 bridgehead atoms. The predicted octanol–water partition coefficient (Wildman–Crippen LogP) is 3.54. The number of ether oxygens (including phenoxy) is 1. The van der Waals surface area contributed by atoms with Gasteiger partial charge in [-0.25, -0.2) is 0 Å². The first-order valence-corrected chi connectivity index (χ1v) is 7.84. The second-order valence-corrected chi connectivity index (χ2v) is 7.03. The lowest BCUT2D eigenvalue weighted by atomic mass is 9.89. The van der Waals surface area contributed by atoms with Crippen molar-refractivity contribution in [3.8, 4) is 0 Å². The Morgan fingerprint density at radius 1 is 1.33 bits per heavy atom. The standard InChI is InChI=1S/C15H21BO4S/c1-11(17)18-12(13-7-6-10-21-13)8-9-16-19-14(2,3)15(4,5)20-16/h6-10,12H,1-5H3/b9-8+. The van der Waals surface area contributed by atoms with Crippen molar-refractivity contribution in [2.45, 2.75) is 51.9 Å². The van der Waals surface area contributed by atoms with Gasteiger partial charge in [-0.1, -0.05) is 12.0 Å². The number of thiophene rings is 1. The lowest BCUT2D eigenvalue weighted by molar-refractivity contribution is -0.144. The molecule has 2 heterocycles. The van der Waals surface area contributed by atoms with Gasteiger partial charge in [0.1, 0.15) is 0 Å². The molecule has 1 fully saturated rings. The van der Waals surface area contributed by atoms with E-state index in [-0.39, 0.29) is 17.2 Å². The van der Waals surface area contributed by atoms with Gasteiger partial charge in [0, 0.05) is 11.8 Å². The summed E-state index contributed by atoms with van der Waals surface area (Å²) < 4.78 is 17.1. The Morgan fingerprint density at radius 3 is 2.43 bits per heavy atom. The Bertz CT molecular complexity index is 506. The Labute approximate surface area is 130 Å². The maximum Gasteiger partial charge on any atom is 0.486 e. The largest absolute Gasteiger partial charge is 0.486 e. The molecule has 4 nitrogen and oxygen atoms in total. The molecule has 2 rings (SSSR count). The Hall–Kier alpha value is -1.11. The zero-order valence-corrected chi connectivity index (χ0v) is 13.9. The summed E-state index contributed by atoms with van der Waals surface area (Å²) in [6, 6.07) is 3.87. The molecule has 1 aromatic rings. The van der Waals surface area contributed by atoms with E-state index in [0.717, 1.165) is 4.88 Å². The second kappa shape index (κ2) is 5.95. The minimum absolute atomic E-state index is 0.313. The molecule has 0 N–H and O–H groups in total. The molecule has 1 atom stereocenters. The Balaban J connectivity index is 2.09. The van der Waals surface area contributed by atoms with Crippen LogP contribution in [0.15, 0.2) is 29.6 Å². The number of hydrogen-bond donors (Lipinski definition) is 0. The van der Waals surface area contributed by atoms with E-state index >= 15 is 0 Å². The van der Waals surface area contributed by atoms with Gasteiger partial charge in [0.2, 0.25) is 0 Å². The van der Waals surface area contributed by atoms with Gasteiger partial charge in [0.05, 0.1) is 11.2 Å². The third-order valence-corrected chi connectivity index (χ3v) is 4.76. The number of esters is 1. The van der Waals surface area contributed by atoms with Crippen LogP contribution in [0.1, 0.15) is 45.6 Å². The van der Waals surface area contributed by atoms with Crippen LogP contribution in [0.3, 0.4) is 0 Å². The normalized spacial score (nSPS) is 21.7. The third-order valence-electron chi connectivity index (χ3n) is 3.83. The molecule has 0 aromatic carbocycles. The van der Waals surface area contributed by atoms with E-state index in [1.54, 1.807) is 11.3 Å². The van der Waals surface area contributed by atoms with Gasteiger partial charge in [-0.05, 0) is 45.2 Å². The van der Waals surface area contributed by atoms with Crippen molar-refractivity contribution in [1.29, 1.82) is 0 Å². The highest BCUT2D eigenvalue weighted by molar-refractivity contribution is 7.10. The highest BCUT2D eigenvalue weighted by atomic mass is 32.1. The zero-order chi connectivity index (χ0) is 15.7. The van der Waals surface area contributed by atoms with E-state index < -0.39 is 13.2 Å². The highest BCUT2D eigenvalue weighted by Gasteiger charge is 2.50. The van der Waals surface area contributed by atoms with Gasteiger partial charge >= 0.3 is 13.1 Å². The molecule has 1 saturated heterocycles. The van der Waals surface area contributed by atoms with Gasteiger partial charge in [0.25, 0.3) is 0 Å². The molecule has 1 aliphatic heterocycles. The first-order valence-electron chi connectivity index (χ1n) is 6.96. The van der Waals surface area contributed by atoms with Gasteiger partial charge in [-0.2, -0.15) is 0 Å². The molecule has 1 aromatic heterocycles. The summed E-state index contributed by atoms with van der Waals surface area (Å²) in [4.78, 5) is 12.2. The fourth-order valence-corrected chi connectivity index (χ4v) is 2.72. The van der Waals surface area contributed by atoms with Crippen molar-refractivity contribution in [1.82, 2.24) is 0 Å². The van der Waals surface area contributed by atoms with Crippen LogP contribution in [0.4, 0.5) is 0 Å². The lowest BCUT2D eigenvalue weighted by Gasteiger charge is -2.32. The molecule has 1 aliphatic rings. The van der Waals surface area contributed by atoms with Gasteiger partial charge < -0.3 is 14.0 Å². The molecule has 114 valence electrons. The van der Waals surface area contributed by atoms with E-state index in [2.05, 4.69) is 0 Å². The zero-order valence-electron chi connectivity index (χ0n) is 13.1. The number of hydrogen-bond acceptors (Lipinski definition) is 5. The molecule has 0 spiro atoms. The first kappa shape index (κ1) is 16.3. The summed E-state index contributed by atoms with van der Waals surface area (Å²) in [5, 5.41) is 1.95. The van der Waals surface area contributed by atoms with E-state index in [0.29, 0.717) is 0 Å². The average Bonchev–Trinajstić information content (AvgIpc) is 2.91. The second-order valence-electron chi connectivity index (χ2n) is 6.06. The minimum Gasteiger partial charge on any atom is -0.453 e. The molecular formula is C15H21BO4S. The van der Waals surface area contributed by atoms with E-state index in [1.165, 1.54) is 6.92 Å². The van der Waals surface area contributed by atoms with Crippen LogP contribution in [0.2, 0.25) is 0 Å². The number of carbonyl (C=O) groups excluding carboxylic acids is 1. The smallest absolute Gasteiger partial charge is 0.453 e. The molecule has 0 aliphatic carbocycles. The van der Waals surface area contributed by atoms with E-state index in [1.807, 2.05) is 57.3 Å².